The van der Waals surface area contributed by atoms with E-state index >= 15 is 0 Å². The molecule has 0 aliphatic carbocycles. The maximum Gasteiger partial charge on any atom is 0.00220 e. The van der Waals surface area contributed by atoms with Crippen molar-refractivity contribution in [2.45, 2.75) is 80.1 Å². The first kappa shape index (κ1) is 25.9. The van der Waals surface area contributed by atoms with Gasteiger partial charge in [0.05, 0.1) is 0 Å². The fourth-order valence-corrected chi connectivity index (χ4v) is 5.53. The van der Waals surface area contributed by atoms with E-state index in [1.165, 1.54) is 90.9 Å². The van der Waals surface area contributed by atoms with Gasteiger partial charge in [0.2, 0.25) is 0 Å². The molecule has 0 bridgehead atoms. The Morgan fingerprint density at radius 3 is 1.79 bits per heavy atom. The van der Waals surface area contributed by atoms with Crippen molar-refractivity contribution in [3.63, 3.8) is 0 Å². The summed E-state index contributed by atoms with van der Waals surface area (Å²) in [4.78, 5) is 7.97. The molecule has 0 N–H and O–H groups in total. The maximum atomic E-state index is 2.79. The van der Waals surface area contributed by atoms with Crippen LogP contribution in [-0.2, 0) is 0 Å². The fraction of sp³-hybridized carbons (Fsp3) is 1.00. The number of rotatable bonds is 5. The Bertz CT molecular complexity index is 357. The van der Waals surface area contributed by atoms with Gasteiger partial charge in [0, 0.05) is 19.6 Å². The second kappa shape index (κ2) is 14.8. The van der Waals surface area contributed by atoms with Gasteiger partial charge in [0.15, 0.2) is 0 Å². The van der Waals surface area contributed by atoms with E-state index in [4.69, 9.17) is 0 Å². The number of piperidine rings is 3. The molecule has 0 spiro atoms. The monoisotopic (exact) mass is 395 g/mol. The third kappa shape index (κ3) is 9.13. The van der Waals surface area contributed by atoms with Gasteiger partial charge in [-0.3, -0.25) is 0 Å². The summed E-state index contributed by atoms with van der Waals surface area (Å²) in [5, 5.41) is 0. The highest BCUT2D eigenvalue weighted by molar-refractivity contribution is 4.82. The average molecular weight is 396 g/mol. The SMILES string of the molecule is CC.CC.CCN1CC(C)CC(CN2CCC(CC3CCN(C)CC3)CC2)C1. The zero-order valence-corrected chi connectivity index (χ0v) is 20.6. The average Bonchev–Trinajstić information content (AvgIpc) is 2.73. The largest absolute Gasteiger partial charge is 0.306 e. The van der Waals surface area contributed by atoms with Crippen LogP contribution in [0.2, 0.25) is 0 Å². The molecule has 0 radical (unpaired) electrons. The van der Waals surface area contributed by atoms with Crippen LogP contribution in [0.5, 0.6) is 0 Å². The van der Waals surface area contributed by atoms with E-state index in [0.29, 0.717) is 0 Å². The van der Waals surface area contributed by atoms with Crippen LogP contribution in [-0.4, -0.2) is 74.1 Å². The Labute approximate surface area is 178 Å². The minimum absolute atomic E-state index is 0.894. The van der Waals surface area contributed by atoms with Crippen LogP contribution in [0.15, 0.2) is 0 Å². The molecule has 3 heterocycles. The van der Waals surface area contributed by atoms with Gasteiger partial charge < -0.3 is 14.7 Å². The number of hydrogen-bond acceptors (Lipinski definition) is 3. The van der Waals surface area contributed by atoms with Crippen molar-refractivity contribution in [3.05, 3.63) is 0 Å². The Morgan fingerprint density at radius 1 is 0.714 bits per heavy atom. The van der Waals surface area contributed by atoms with Crippen LogP contribution < -0.4 is 0 Å². The quantitative estimate of drug-likeness (QED) is 0.612. The molecule has 2 atom stereocenters. The third-order valence-electron chi connectivity index (χ3n) is 7.00. The van der Waals surface area contributed by atoms with Gasteiger partial charge in [-0.2, -0.15) is 0 Å². The predicted octanol–water partition coefficient (Wildman–Crippen LogP) is 5.46. The van der Waals surface area contributed by atoms with Crippen LogP contribution in [0.3, 0.4) is 0 Å². The van der Waals surface area contributed by atoms with Gasteiger partial charge in [0.1, 0.15) is 0 Å². The van der Waals surface area contributed by atoms with Crippen molar-refractivity contribution in [3.8, 4) is 0 Å². The zero-order chi connectivity index (χ0) is 20.9. The Balaban J connectivity index is 0.000000921. The summed E-state index contributed by atoms with van der Waals surface area (Å²) >= 11 is 0. The van der Waals surface area contributed by atoms with Crippen LogP contribution in [0.4, 0.5) is 0 Å². The molecular weight excluding hydrogens is 342 g/mol. The summed E-state index contributed by atoms with van der Waals surface area (Å²) in [6.07, 6.45) is 8.79. The van der Waals surface area contributed by atoms with Gasteiger partial charge in [0.25, 0.3) is 0 Å². The van der Waals surface area contributed by atoms with Gasteiger partial charge in [-0.1, -0.05) is 41.5 Å². The molecular formula is C25H53N3. The lowest BCUT2D eigenvalue weighted by Crippen LogP contribution is -2.45. The van der Waals surface area contributed by atoms with Crippen LogP contribution >= 0.6 is 0 Å². The summed E-state index contributed by atoms with van der Waals surface area (Å²) < 4.78 is 0. The predicted molar refractivity (Wildman–Crippen MR) is 126 cm³/mol. The molecule has 3 fully saturated rings. The highest BCUT2D eigenvalue weighted by atomic mass is 15.2. The van der Waals surface area contributed by atoms with E-state index in [1.807, 2.05) is 27.7 Å². The zero-order valence-electron chi connectivity index (χ0n) is 20.6. The lowest BCUT2D eigenvalue weighted by atomic mass is 9.82. The molecule has 168 valence electrons. The molecule has 0 aromatic rings. The molecule has 3 heteroatoms. The van der Waals surface area contributed by atoms with E-state index < -0.39 is 0 Å². The molecule has 0 saturated carbocycles. The lowest BCUT2D eigenvalue weighted by molar-refractivity contribution is 0.0837. The summed E-state index contributed by atoms with van der Waals surface area (Å²) in [5.74, 6) is 3.85. The van der Waals surface area contributed by atoms with Crippen molar-refractivity contribution >= 4 is 0 Å². The maximum absolute atomic E-state index is 2.79. The topological polar surface area (TPSA) is 9.72 Å². The van der Waals surface area contributed by atoms with Gasteiger partial charge in [-0.05, 0) is 102 Å². The summed E-state index contributed by atoms with van der Waals surface area (Å²) in [6, 6.07) is 0. The lowest BCUT2D eigenvalue weighted by Gasteiger charge is -2.40. The minimum Gasteiger partial charge on any atom is -0.306 e. The van der Waals surface area contributed by atoms with Gasteiger partial charge in [-0.25, -0.2) is 0 Å². The summed E-state index contributed by atoms with van der Waals surface area (Å²) in [7, 11) is 2.28. The molecule has 0 amide bonds. The van der Waals surface area contributed by atoms with Crippen LogP contribution in [0, 0.1) is 23.7 Å². The molecule has 28 heavy (non-hydrogen) atoms. The Hall–Kier alpha value is -0.120. The number of likely N-dealkylation sites (tertiary alicyclic amines) is 3. The second-order valence-electron chi connectivity index (χ2n) is 9.29. The van der Waals surface area contributed by atoms with Gasteiger partial charge in [-0.15, -0.1) is 0 Å². The molecule has 0 aromatic heterocycles. The first-order valence-corrected chi connectivity index (χ1v) is 12.8. The summed E-state index contributed by atoms with van der Waals surface area (Å²) in [5.41, 5.74) is 0. The fourth-order valence-electron chi connectivity index (χ4n) is 5.53. The number of nitrogens with zero attached hydrogens (tertiary/aromatic N) is 3. The standard InChI is InChI=1S/C21H41N3.2C2H6/c1-4-23-15-18(2)13-21(16-23)17-24-11-7-20(8-12-24)14-19-5-9-22(3)10-6-19;2*1-2/h18-21H,4-17H2,1-3H3;2*1-2H3. The molecule has 3 aliphatic rings. The minimum atomic E-state index is 0.894. The van der Waals surface area contributed by atoms with E-state index in [-0.39, 0.29) is 0 Å². The van der Waals surface area contributed by atoms with Crippen molar-refractivity contribution < 1.29 is 0 Å². The van der Waals surface area contributed by atoms with E-state index in [9.17, 15) is 0 Å². The first-order valence-electron chi connectivity index (χ1n) is 12.8. The molecule has 3 aliphatic heterocycles. The highest BCUT2D eigenvalue weighted by Crippen LogP contribution is 2.30. The molecule has 0 aromatic carbocycles. The Kier molecular flexibility index (Phi) is 13.7. The smallest absolute Gasteiger partial charge is 0.00220 e. The normalized spacial score (nSPS) is 28.8. The highest BCUT2D eigenvalue weighted by Gasteiger charge is 2.28. The molecule has 2 unspecified atom stereocenters. The molecule has 3 rings (SSSR count). The van der Waals surface area contributed by atoms with Crippen LogP contribution in [0.1, 0.15) is 80.1 Å². The van der Waals surface area contributed by atoms with Crippen LogP contribution in [0.25, 0.3) is 0 Å². The van der Waals surface area contributed by atoms with Crippen molar-refractivity contribution in [2.24, 2.45) is 23.7 Å². The summed E-state index contributed by atoms with van der Waals surface area (Å²) in [6.45, 7) is 23.4. The number of hydrogen-bond donors (Lipinski definition) is 0. The van der Waals surface area contributed by atoms with Crippen molar-refractivity contribution in [1.29, 1.82) is 0 Å². The second-order valence-corrected chi connectivity index (χ2v) is 9.29. The van der Waals surface area contributed by atoms with E-state index in [0.717, 1.165) is 23.7 Å². The Morgan fingerprint density at radius 2 is 1.25 bits per heavy atom. The third-order valence-corrected chi connectivity index (χ3v) is 7.00. The van der Waals surface area contributed by atoms with Gasteiger partial charge >= 0.3 is 0 Å². The molecule has 3 saturated heterocycles. The van der Waals surface area contributed by atoms with Crippen molar-refractivity contribution in [1.82, 2.24) is 14.7 Å². The van der Waals surface area contributed by atoms with Crippen molar-refractivity contribution in [2.75, 3.05) is 59.4 Å². The van der Waals surface area contributed by atoms with E-state index in [1.54, 1.807) is 0 Å². The molecule has 3 nitrogen and oxygen atoms in total. The van der Waals surface area contributed by atoms with E-state index in [2.05, 4.69) is 35.6 Å². The first-order chi connectivity index (χ1) is 13.6.